The van der Waals surface area contributed by atoms with Crippen LogP contribution in [0, 0.1) is 19.7 Å². The zero-order valence-corrected chi connectivity index (χ0v) is 17.1. The van der Waals surface area contributed by atoms with Gasteiger partial charge in [0.05, 0.1) is 12.2 Å². The zero-order chi connectivity index (χ0) is 21.8. The molecule has 31 heavy (non-hydrogen) atoms. The van der Waals surface area contributed by atoms with Crippen LogP contribution in [0.2, 0.25) is 0 Å². The van der Waals surface area contributed by atoms with Crippen molar-refractivity contribution in [1.82, 2.24) is 30.3 Å². The molecule has 0 spiro atoms. The van der Waals surface area contributed by atoms with Crippen molar-refractivity contribution in [2.24, 2.45) is 0 Å². The molecule has 3 aromatic heterocycles. The molecule has 1 aromatic carbocycles. The summed E-state index contributed by atoms with van der Waals surface area (Å²) in [6.45, 7) is 4.29. The summed E-state index contributed by atoms with van der Waals surface area (Å²) in [5, 5.41) is 19.3. The second kappa shape index (κ2) is 8.90. The summed E-state index contributed by atoms with van der Waals surface area (Å²) >= 11 is 0. The Hall–Kier alpha value is -3.82. The molecule has 4 rings (SSSR count). The van der Waals surface area contributed by atoms with E-state index in [0.717, 1.165) is 17.0 Å². The lowest BCUT2D eigenvalue weighted by molar-refractivity contribution is -0.121. The molecule has 1 amide bonds. The van der Waals surface area contributed by atoms with Gasteiger partial charge in [-0.3, -0.25) is 4.79 Å². The highest BCUT2D eigenvalue weighted by Crippen LogP contribution is 2.19. The van der Waals surface area contributed by atoms with Crippen LogP contribution >= 0.6 is 0 Å². The lowest BCUT2D eigenvalue weighted by Crippen LogP contribution is -2.28. The number of hydrogen-bond acceptors (Lipinski definition) is 7. The first-order valence-electron chi connectivity index (χ1n) is 9.81. The summed E-state index contributed by atoms with van der Waals surface area (Å²) in [4.78, 5) is 12.1. The Bertz CT molecular complexity index is 1180. The lowest BCUT2D eigenvalue weighted by atomic mass is 10.1. The SMILES string of the molecule is Cc1noc(C)c1CCC(=O)NCCOc1ccc2nnc(-c3ccc(F)cc3)n2n1. The minimum absolute atomic E-state index is 0.0792. The first-order chi connectivity index (χ1) is 15.0. The Morgan fingerprint density at radius 2 is 1.97 bits per heavy atom. The monoisotopic (exact) mass is 424 g/mol. The van der Waals surface area contributed by atoms with Gasteiger partial charge in [-0.15, -0.1) is 15.3 Å². The van der Waals surface area contributed by atoms with E-state index in [-0.39, 0.29) is 18.3 Å². The standard InChI is InChI=1S/C21H21FN6O3/c1-13-17(14(2)31-27-13)7-9-19(29)23-11-12-30-20-10-8-18-24-25-21(28(18)26-20)15-3-5-16(22)6-4-15/h3-6,8,10H,7,9,11-12H2,1-2H3,(H,23,29). The van der Waals surface area contributed by atoms with Crippen LogP contribution in [-0.2, 0) is 11.2 Å². The summed E-state index contributed by atoms with van der Waals surface area (Å²) in [6, 6.07) is 9.33. The Kier molecular flexibility index (Phi) is 5.87. The third kappa shape index (κ3) is 4.68. The summed E-state index contributed by atoms with van der Waals surface area (Å²) < 4.78 is 25.5. The number of benzene rings is 1. The van der Waals surface area contributed by atoms with Crippen LogP contribution in [0.1, 0.15) is 23.4 Å². The van der Waals surface area contributed by atoms with Crippen LogP contribution in [0.15, 0.2) is 40.9 Å². The fourth-order valence-corrected chi connectivity index (χ4v) is 3.16. The third-order valence-corrected chi connectivity index (χ3v) is 4.80. The van der Waals surface area contributed by atoms with Gasteiger partial charge in [0.1, 0.15) is 18.2 Å². The zero-order valence-electron chi connectivity index (χ0n) is 17.1. The van der Waals surface area contributed by atoms with E-state index in [1.165, 1.54) is 16.6 Å². The summed E-state index contributed by atoms with van der Waals surface area (Å²) in [6.07, 6.45) is 0.917. The third-order valence-electron chi connectivity index (χ3n) is 4.80. The predicted molar refractivity (Wildman–Crippen MR) is 109 cm³/mol. The predicted octanol–water partition coefficient (Wildman–Crippen LogP) is 2.66. The Morgan fingerprint density at radius 3 is 2.71 bits per heavy atom. The van der Waals surface area contributed by atoms with Gasteiger partial charge in [-0.25, -0.2) is 4.39 Å². The quantitative estimate of drug-likeness (QED) is 0.433. The van der Waals surface area contributed by atoms with E-state index in [0.29, 0.717) is 42.3 Å². The largest absolute Gasteiger partial charge is 0.475 e. The number of fused-ring (bicyclic) bond motifs is 1. The number of nitrogens with zero attached hydrogens (tertiary/aromatic N) is 5. The molecule has 0 aliphatic carbocycles. The number of rotatable bonds is 8. The normalized spacial score (nSPS) is 11.1. The molecule has 0 saturated heterocycles. The molecule has 9 nitrogen and oxygen atoms in total. The number of nitrogens with one attached hydrogen (secondary N) is 1. The van der Waals surface area contributed by atoms with Crippen LogP contribution in [0.3, 0.4) is 0 Å². The topological polar surface area (TPSA) is 107 Å². The fraction of sp³-hybridized carbons (Fsp3) is 0.286. The van der Waals surface area contributed by atoms with E-state index in [4.69, 9.17) is 9.26 Å². The molecule has 1 N–H and O–H groups in total. The van der Waals surface area contributed by atoms with Gasteiger partial charge < -0.3 is 14.6 Å². The highest BCUT2D eigenvalue weighted by Gasteiger charge is 2.12. The van der Waals surface area contributed by atoms with Gasteiger partial charge >= 0.3 is 0 Å². The average Bonchev–Trinajstić information content (AvgIpc) is 3.33. The number of aryl methyl sites for hydroxylation is 2. The van der Waals surface area contributed by atoms with Crippen LogP contribution in [0.25, 0.3) is 17.0 Å². The average molecular weight is 424 g/mol. The van der Waals surface area contributed by atoms with Crippen LogP contribution in [0.5, 0.6) is 5.88 Å². The molecule has 0 radical (unpaired) electrons. The maximum absolute atomic E-state index is 13.2. The second-order valence-electron chi connectivity index (χ2n) is 6.97. The molecule has 0 aliphatic rings. The molecular weight excluding hydrogens is 403 g/mol. The number of carbonyl (C=O) groups excluding carboxylic acids is 1. The number of halogens is 1. The van der Waals surface area contributed by atoms with E-state index < -0.39 is 0 Å². The van der Waals surface area contributed by atoms with Gasteiger partial charge in [-0.2, -0.15) is 4.52 Å². The number of amides is 1. The van der Waals surface area contributed by atoms with Crippen molar-refractivity contribution in [2.75, 3.05) is 13.2 Å². The van der Waals surface area contributed by atoms with Crippen molar-refractivity contribution >= 4 is 11.6 Å². The Balaban J connectivity index is 1.30. The number of aromatic nitrogens is 5. The molecule has 4 aromatic rings. The molecule has 0 atom stereocenters. The number of ether oxygens (including phenoxy) is 1. The lowest BCUT2D eigenvalue weighted by Gasteiger charge is -2.08. The van der Waals surface area contributed by atoms with Gasteiger partial charge in [-0.05, 0) is 50.6 Å². The van der Waals surface area contributed by atoms with Gasteiger partial charge in [0.2, 0.25) is 11.8 Å². The molecule has 0 bridgehead atoms. The highest BCUT2D eigenvalue weighted by atomic mass is 19.1. The van der Waals surface area contributed by atoms with Gasteiger partial charge in [0.15, 0.2) is 11.5 Å². The van der Waals surface area contributed by atoms with Crippen molar-refractivity contribution in [2.45, 2.75) is 26.7 Å². The van der Waals surface area contributed by atoms with Crippen LogP contribution < -0.4 is 10.1 Å². The Labute approximate surface area is 177 Å². The van der Waals surface area contributed by atoms with Crippen LogP contribution in [0.4, 0.5) is 4.39 Å². The van der Waals surface area contributed by atoms with Crippen molar-refractivity contribution < 1.29 is 18.4 Å². The molecule has 0 unspecified atom stereocenters. The first-order valence-corrected chi connectivity index (χ1v) is 9.81. The summed E-state index contributed by atoms with van der Waals surface area (Å²) in [7, 11) is 0. The highest BCUT2D eigenvalue weighted by molar-refractivity contribution is 5.76. The van der Waals surface area contributed by atoms with E-state index in [9.17, 15) is 9.18 Å². The second-order valence-corrected chi connectivity index (χ2v) is 6.97. The fourth-order valence-electron chi connectivity index (χ4n) is 3.16. The van der Waals surface area contributed by atoms with Gasteiger partial charge in [-0.1, -0.05) is 5.16 Å². The van der Waals surface area contributed by atoms with E-state index in [2.05, 4.69) is 25.8 Å². The summed E-state index contributed by atoms with van der Waals surface area (Å²) in [5.41, 5.74) is 3.00. The number of carbonyl (C=O) groups is 1. The number of hydrogen-bond donors (Lipinski definition) is 1. The maximum atomic E-state index is 13.2. The smallest absolute Gasteiger partial charge is 0.231 e. The molecule has 160 valence electrons. The first kappa shape index (κ1) is 20.5. The Morgan fingerprint density at radius 1 is 1.16 bits per heavy atom. The minimum atomic E-state index is -0.330. The molecule has 3 heterocycles. The molecule has 0 saturated carbocycles. The molecular formula is C21H21FN6O3. The van der Waals surface area contributed by atoms with Gasteiger partial charge in [0.25, 0.3) is 0 Å². The van der Waals surface area contributed by atoms with Gasteiger partial charge in [0, 0.05) is 23.6 Å². The van der Waals surface area contributed by atoms with Crippen molar-refractivity contribution in [3.05, 3.63) is 59.2 Å². The molecule has 0 fully saturated rings. The van der Waals surface area contributed by atoms with Crippen LogP contribution in [-0.4, -0.2) is 44.0 Å². The van der Waals surface area contributed by atoms with Crippen molar-refractivity contribution in [3.63, 3.8) is 0 Å². The molecule has 10 heteroatoms. The van der Waals surface area contributed by atoms with Crippen molar-refractivity contribution in [1.29, 1.82) is 0 Å². The van der Waals surface area contributed by atoms with E-state index >= 15 is 0 Å². The van der Waals surface area contributed by atoms with Crippen molar-refractivity contribution in [3.8, 4) is 17.3 Å². The van der Waals surface area contributed by atoms with E-state index in [1.807, 2.05) is 13.8 Å². The molecule has 0 aliphatic heterocycles. The summed E-state index contributed by atoms with van der Waals surface area (Å²) in [5.74, 6) is 1.17. The minimum Gasteiger partial charge on any atom is -0.475 e. The van der Waals surface area contributed by atoms with E-state index in [1.54, 1.807) is 24.3 Å². The maximum Gasteiger partial charge on any atom is 0.231 e.